The molecule has 2 heterocycles. The minimum Gasteiger partial charge on any atom is -0.455 e. The zero-order valence-electron chi connectivity index (χ0n) is 16.8. The molecule has 1 saturated heterocycles. The van der Waals surface area contributed by atoms with Gasteiger partial charge in [0.15, 0.2) is 11.6 Å². The van der Waals surface area contributed by atoms with Crippen LogP contribution in [0.25, 0.3) is 0 Å². The van der Waals surface area contributed by atoms with Crippen molar-refractivity contribution < 1.29 is 33.3 Å². The number of ether oxygens (including phenoxy) is 2. The number of benzene rings is 2. The average Bonchev–Trinajstić information content (AvgIpc) is 3.20. The van der Waals surface area contributed by atoms with Crippen LogP contribution in [0.4, 0.5) is 19.3 Å². The summed E-state index contributed by atoms with van der Waals surface area (Å²) in [4.78, 5) is 13.1. The predicted octanol–water partition coefficient (Wildman–Crippen LogP) is 3.01. The van der Waals surface area contributed by atoms with Crippen LogP contribution >= 0.6 is 0 Å². The van der Waals surface area contributed by atoms with Crippen molar-refractivity contribution in [1.82, 2.24) is 4.90 Å². The lowest BCUT2D eigenvalue weighted by atomic mass is 10.0. The number of aliphatic hydroxyl groups excluding tert-OH is 1. The van der Waals surface area contributed by atoms with Crippen LogP contribution in [0.3, 0.4) is 0 Å². The topological polar surface area (TPSA) is 91.3 Å². The van der Waals surface area contributed by atoms with E-state index in [1.54, 1.807) is 24.3 Å². The molecule has 2 aromatic carbocycles. The lowest BCUT2D eigenvalue weighted by Gasteiger charge is -2.24. The number of nitrogens with zero attached hydrogens (tertiary/aromatic N) is 1. The molecule has 1 amide bonds. The number of hydrogen-bond acceptors (Lipinski definition) is 6. The molecule has 2 aromatic rings. The summed E-state index contributed by atoms with van der Waals surface area (Å²) < 4.78 is 38.6. The second-order valence-electron chi connectivity index (χ2n) is 8.10. The van der Waals surface area contributed by atoms with Crippen molar-refractivity contribution in [3.63, 3.8) is 0 Å². The molecule has 9 heteroatoms. The van der Waals surface area contributed by atoms with Crippen LogP contribution in [0, 0.1) is 11.6 Å². The number of halogens is 2. The van der Waals surface area contributed by atoms with Crippen LogP contribution in [0.2, 0.25) is 0 Å². The van der Waals surface area contributed by atoms with Gasteiger partial charge in [0, 0.05) is 25.2 Å². The van der Waals surface area contributed by atoms with Crippen molar-refractivity contribution in [3.8, 4) is 5.75 Å². The molecule has 2 atom stereocenters. The van der Waals surface area contributed by atoms with Gasteiger partial charge >= 0.3 is 6.09 Å². The van der Waals surface area contributed by atoms with Crippen LogP contribution < -0.4 is 10.1 Å². The van der Waals surface area contributed by atoms with E-state index in [9.17, 15) is 23.8 Å². The van der Waals surface area contributed by atoms with Gasteiger partial charge in [-0.1, -0.05) is 12.1 Å². The molecule has 5 rings (SSSR count). The van der Waals surface area contributed by atoms with E-state index in [0.29, 0.717) is 29.0 Å². The van der Waals surface area contributed by atoms with Gasteiger partial charge in [-0.15, -0.1) is 0 Å². The number of carbonyl (C=O) groups excluding carboxylic acids is 1. The summed E-state index contributed by atoms with van der Waals surface area (Å²) in [5.41, 5.74) is 0.234. The average molecular weight is 442 g/mol. The number of hydrogen-bond donors (Lipinski definition) is 3. The molecule has 2 aliphatic heterocycles. The summed E-state index contributed by atoms with van der Waals surface area (Å²) in [7, 11) is 0. The van der Waals surface area contributed by atoms with Crippen molar-refractivity contribution >= 4 is 11.8 Å². The molecule has 0 aromatic heterocycles. The zero-order chi connectivity index (χ0) is 22.5. The number of cyclic esters (lactones) is 1. The Morgan fingerprint density at radius 2 is 2.06 bits per heavy atom. The van der Waals surface area contributed by atoms with E-state index in [1.165, 1.54) is 24.3 Å². The largest absolute Gasteiger partial charge is 0.455 e. The second-order valence-corrected chi connectivity index (χ2v) is 8.10. The highest BCUT2D eigenvalue weighted by atomic mass is 19.1. The Morgan fingerprint density at radius 1 is 1.25 bits per heavy atom. The Hall–Kier alpha value is -3.27. The molecular weight excluding hydrogens is 422 g/mol. The van der Waals surface area contributed by atoms with Crippen LogP contribution in [-0.4, -0.2) is 46.4 Å². The third kappa shape index (κ3) is 3.75. The highest BCUT2D eigenvalue weighted by molar-refractivity contribution is 5.87. The van der Waals surface area contributed by atoms with Crippen LogP contribution in [0.15, 0.2) is 59.9 Å². The number of amides is 1. The molecule has 166 valence electrons. The fourth-order valence-corrected chi connectivity index (χ4v) is 4.24. The lowest BCUT2D eigenvalue weighted by Crippen LogP contribution is -2.33. The number of β-amino-alcohol motifs (C(OH)–C–C–N with tert-alkyl or cyclic N) is 2. The van der Waals surface area contributed by atoms with Gasteiger partial charge in [0.25, 0.3) is 0 Å². The normalized spacial score (nSPS) is 22.9. The minimum absolute atomic E-state index is 0.0555. The highest BCUT2D eigenvalue weighted by Crippen LogP contribution is 2.37. The van der Waals surface area contributed by atoms with E-state index >= 15 is 0 Å². The van der Waals surface area contributed by atoms with E-state index in [2.05, 4.69) is 5.32 Å². The lowest BCUT2D eigenvalue weighted by molar-refractivity contribution is 0.0903. The van der Waals surface area contributed by atoms with Crippen LogP contribution in [-0.2, 0) is 11.3 Å². The Bertz CT molecular complexity index is 1170. The standard InChI is InChI=1S/C23H20F2N2O5/c24-17-3-1-2-4-20(17)32-16-7-15-9-27(12-23(15,30)8-16)10-19(28)13-5-14-11-31-22(29)26-21(14)18(25)6-13/h1-8,19,28,30H,9-12H2,(H,26,29)/t19-,23-/m1/s1. The van der Waals surface area contributed by atoms with Crippen molar-refractivity contribution in [3.05, 3.63) is 82.6 Å². The third-order valence-electron chi connectivity index (χ3n) is 5.77. The molecule has 0 radical (unpaired) electrons. The quantitative estimate of drug-likeness (QED) is 0.660. The molecule has 1 aliphatic carbocycles. The van der Waals surface area contributed by atoms with Crippen LogP contribution in [0.5, 0.6) is 5.75 Å². The molecule has 0 bridgehead atoms. The van der Waals surface area contributed by atoms with Gasteiger partial charge in [-0.2, -0.15) is 0 Å². The molecule has 3 N–H and O–H groups in total. The van der Waals surface area contributed by atoms with Crippen molar-refractivity contribution in [2.75, 3.05) is 25.0 Å². The SMILES string of the molecule is O=C1Nc2c(F)cc([C@H](O)CN3CC4=CC(Oc5ccccc5F)=C[C@@]4(O)C3)cc2CO1. The number of allylic oxidation sites excluding steroid dienone is 1. The molecule has 0 unspecified atom stereocenters. The van der Waals surface area contributed by atoms with Gasteiger partial charge in [-0.05, 0) is 47.6 Å². The third-order valence-corrected chi connectivity index (χ3v) is 5.77. The van der Waals surface area contributed by atoms with Gasteiger partial charge in [-0.25, -0.2) is 13.6 Å². The summed E-state index contributed by atoms with van der Waals surface area (Å²) in [5, 5.41) is 23.9. The van der Waals surface area contributed by atoms with Gasteiger partial charge in [-0.3, -0.25) is 10.2 Å². The molecule has 1 fully saturated rings. The number of para-hydroxylation sites is 1. The number of rotatable bonds is 5. The Kier molecular flexibility index (Phi) is 4.96. The first-order valence-electron chi connectivity index (χ1n) is 10.1. The minimum atomic E-state index is -1.28. The first-order chi connectivity index (χ1) is 15.3. The Morgan fingerprint density at radius 3 is 2.84 bits per heavy atom. The number of nitrogens with one attached hydrogen (secondary N) is 1. The van der Waals surface area contributed by atoms with Gasteiger partial charge in [0.2, 0.25) is 0 Å². The van der Waals surface area contributed by atoms with E-state index in [4.69, 9.17) is 9.47 Å². The first-order valence-corrected chi connectivity index (χ1v) is 10.1. The second kappa shape index (κ2) is 7.70. The number of fused-ring (bicyclic) bond motifs is 2. The zero-order valence-corrected chi connectivity index (χ0v) is 16.8. The van der Waals surface area contributed by atoms with Crippen molar-refractivity contribution in [2.45, 2.75) is 18.3 Å². The Balaban J connectivity index is 1.26. The van der Waals surface area contributed by atoms with Gasteiger partial charge in [0.1, 0.15) is 23.8 Å². The summed E-state index contributed by atoms with van der Waals surface area (Å²) in [6.45, 7) is 0.639. The molecule has 0 spiro atoms. The van der Waals surface area contributed by atoms with E-state index in [0.717, 1.165) is 0 Å². The molecule has 7 nitrogen and oxygen atoms in total. The van der Waals surface area contributed by atoms with Crippen molar-refractivity contribution in [1.29, 1.82) is 0 Å². The van der Waals surface area contributed by atoms with Gasteiger partial charge in [0.05, 0.1) is 11.8 Å². The first kappa shape index (κ1) is 20.6. The molecule has 32 heavy (non-hydrogen) atoms. The Labute approximate surface area is 182 Å². The predicted molar refractivity (Wildman–Crippen MR) is 110 cm³/mol. The molecular formula is C23H20F2N2O5. The van der Waals surface area contributed by atoms with E-state index in [-0.39, 0.29) is 31.1 Å². The maximum absolute atomic E-state index is 14.4. The van der Waals surface area contributed by atoms with E-state index < -0.39 is 29.4 Å². The highest BCUT2D eigenvalue weighted by Gasteiger charge is 2.43. The number of likely N-dealkylation sites (tertiary alicyclic amines) is 1. The molecule has 3 aliphatic rings. The summed E-state index contributed by atoms with van der Waals surface area (Å²) in [5.74, 6) is -0.721. The summed E-state index contributed by atoms with van der Waals surface area (Å²) in [6, 6.07) is 8.79. The molecule has 0 saturated carbocycles. The van der Waals surface area contributed by atoms with Crippen LogP contribution in [0.1, 0.15) is 17.2 Å². The smallest absolute Gasteiger partial charge is 0.412 e. The van der Waals surface area contributed by atoms with E-state index in [1.807, 2.05) is 4.90 Å². The summed E-state index contributed by atoms with van der Waals surface area (Å²) in [6.07, 6.45) is 1.45. The number of carbonyl (C=O) groups is 1. The van der Waals surface area contributed by atoms with Gasteiger partial charge < -0.3 is 19.7 Å². The fraction of sp³-hybridized carbons (Fsp3) is 0.261. The van der Waals surface area contributed by atoms with Crippen molar-refractivity contribution in [2.24, 2.45) is 0 Å². The maximum Gasteiger partial charge on any atom is 0.412 e. The fourth-order valence-electron chi connectivity index (χ4n) is 4.24. The number of anilines is 1. The monoisotopic (exact) mass is 442 g/mol. The maximum atomic E-state index is 14.4. The number of aliphatic hydroxyl groups is 2. The summed E-state index contributed by atoms with van der Waals surface area (Å²) >= 11 is 0.